The average molecular weight is 292 g/mol. The lowest BCUT2D eigenvalue weighted by Gasteiger charge is -2.37. The second-order valence-corrected chi connectivity index (χ2v) is 7.83. The van der Waals surface area contributed by atoms with E-state index in [0.29, 0.717) is 6.42 Å². The molecule has 0 aliphatic heterocycles. The van der Waals surface area contributed by atoms with Gasteiger partial charge in [-0.15, -0.1) is 0 Å². The van der Waals surface area contributed by atoms with Gasteiger partial charge < -0.3 is 4.74 Å². The van der Waals surface area contributed by atoms with Crippen molar-refractivity contribution in [2.75, 3.05) is 7.11 Å². The SMILES string of the molecule is COC(C)(C)CC(C)(OOC(C)(C)C)OOC(C)(C)C. The van der Waals surface area contributed by atoms with Crippen molar-refractivity contribution in [1.82, 2.24) is 0 Å². The summed E-state index contributed by atoms with van der Waals surface area (Å²) in [5.74, 6) is -1.07. The predicted octanol–water partition coefficient (Wildman–Crippen LogP) is 4.01. The third-order valence-corrected chi connectivity index (χ3v) is 2.24. The molecule has 0 amide bonds. The fourth-order valence-corrected chi connectivity index (χ4v) is 1.34. The van der Waals surface area contributed by atoms with Crippen LogP contribution in [0.15, 0.2) is 0 Å². The van der Waals surface area contributed by atoms with E-state index < -0.39 is 22.6 Å². The number of hydrogen-bond donors (Lipinski definition) is 0. The van der Waals surface area contributed by atoms with Gasteiger partial charge in [0.05, 0.1) is 16.8 Å². The van der Waals surface area contributed by atoms with Crippen LogP contribution in [-0.4, -0.2) is 29.7 Å². The molecule has 0 saturated carbocycles. The van der Waals surface area contributed by atoms with Crippen LogP contribution in [0.3, 0.4) is 0 Å². The molecular weight excluding hydrogens is 260 g/mol. The molecule has 0 atom stereocenters. The Morgan fingerprint density at radius 2 is 0.950 bits per heavy atom. The summed E-state index contributed by atoms with van der Waals surface area (Å²) in [7, 11) is 1.65. The lowest BCUT2D eigenvalue weighted by molar-refractivity contribution is -0.541. The lowest BCUT2D eigenvalue weighted by Crippen LogP contribution is -2.44. The maximum atomic E-state index is 5.50. The van der Waals surface area contributed by atoms with Gasteiger partial charge in [-0.05, 0) is 62.3 Å². The van der Waals surface area contributed by atoms with E-state index in [1.165, 1.54) is 0 Å². The van der Waals surface area contributed by atoms with E-state index in [1.807, 2.05) is 55.4 Å². The Morgan fingerprint density at radius 3 is 1.20 bits per heavy atom. The zero-order valence-corrected chi connectivity index (χ0v) is 14.7. The van der Waals surface area contributed by atoms with Crippen molar-refractivity contribution in [2.24, 2.45) is 0 Å². The van der Waals surface area contributed by atoms with Gasteiger partial charge in [0.1, 0.15) is 0 Å². The zero-order valence-electron chi connectivity index (χ0n) is 14.7. The highest BCUT2D eigenvalue weighted by atomic mass is 17.3. The van der Waals surface area contributed by atoms with Crippen LogP contribution in [0.1, 0.15) is 68.7 Å². The van der Waals surface area contributed by atoms with E-state index in [0.717, 1.165) is 0 Å². The molecule has 20 heavy (non-hydrogen) atoms. The summed E-state index contributed by atoms with van der Waals surface area (Å²) in [6, 6.07) is 0. The molecule has 0 radical (unpaired) electrons. The molecule has 0 bridgehead atoms. The Labute approximate surface area is 123 Å². The second-order valence-electron chi connectivity index (χ2n) is 7.83. The molecule has 0 aromatic carbocycles. The standard InChI is InChI=1S/C15H32O5/c1-12(2,3)17-19-15(9,11-14(7,8)16-10)20-18-13(4,5)6/h11H2,1-10H3. The molecule has 0 aromatic heterocycles. The normalized spacial score (nSPS) is 14.7. The van der Waals surface area contributed by atoms with Gasteiger partial charge in [0.15, 0.2) is 0 Å². The van der Waals surface area contributed by atoms with E-state index >= 15 is 0 Å². The van der Waals surface area contributed by atoms with Crippen LogP contribution in [0, 0.1) is 0 Å². The fraction of sp³-hybridized carbons (Fsp3) is 1.00. The predicted molar refractivity (Wildman–Crippen MR) is 78.0 cm³/mol. The first-order valence-corrected chi connectivity index (χ1v) is 6.97. The molecule has 0 saturated heterocycles. The first-order valence-electron chi connectivity index (χ1n) is 6.97. The molecule has 0 rings (SSSR count). The van der Waals surface area contributed by atoms with Crippen molar-refractivity contribution < 1.29 is 24.3 Å². The zero-order chi connectivity index (χ0) is 16.2. The van der Waals surface area contributed by atoms with Gasteiger partial charge in [0.2, 0.25) is 5.79 Å². The van der Waals surface area contributed by atoms with Gasteiger partial charge in [-0.25, -0.2) is 9.78 Å². The first kappa shape index (κ1) is 19.8. The molecule has 0 aromatic rings. The third-order valence-electron chi connectivity index (χ3n) is 2.24. The molecule has 5 heteroatoms. The van der Waals surface area contributed by atoms with Gasteiger partial charge in [0.25, 0.3) is 0 Å². The number of rotatable bonds is 7. The smallest absolute Gasteiger partial charge is 0.234 e. The van der Waals surface area contributed by atoms with E-state index in [9.17, 15) is 0 Å². The molecule has 0 fully saturated rings. The summed E-state index contributed by atoms with van der Waals surface area (Å²) in [6.07, 6.45) is 0.447. The van der Waals surface area contributed by atoms with E-state index in [4.69, 9.17) is 24.3 Å². The molecule has 0 N–H and O–H groups in total. The molecular formula is C15H32O5. The molecule has 0 aliphatic rings. The summed E-state index contributed by atoms with van der Waals surface area (Å²) in [4.78, 5) is 21.8. The molecule has 0 unspecified atom stereocenters. The second kappa shape index (κ2) is 6.71. The van der Waals surface area contributed by atoms with Crippen molar-refractivity contribution in [3.63, 3.8) is 0 Å². The minimum atomic E-state index is -1.07. The van der Waals surface area contributed by atoms with Crippen LogP contribution in [0.25, 0.3) is 0 Å². The van der Waals surface area contributed by atoms with Gasteiger partial charge in [-0.2, -0.15) is 9.78 Å². The van der Waals surface area contributed by atoms with Crippen molar-refractivity contribution in [2.45, 2.75) is 91.3 Å². The summed E-state index contributed by atoms with van der Waals surface area (Å²) in [5.41, 5.74) is -1.32. The third kappa shape index (κ3) is 9.66. The highest BCUT2D eigenvalue weighted by Gasteiger charge is 2.39. The van der Waals surface area contributed by atoms with E-state index in [1.54, 1.807) is 14.0 Å². The molecule has 122 valence electrons. The molecule has 0 spiro atoms. The quantitative estimate of drug-likeness (QED) is 0.403. The molecule has 0 aliphatic carbocycles. The van der Waals surface area contributed by atoms with Crippen LogP contribution in [0.5, 0.6) is 0 Å². The van der Waals surface area contributed by atoms with Gasteiger partial charge in [-0.1, -0.05) is 0 Å². The van der Waals surface area contributed by atoms with Gasteiger partial charge in [0, 0.05) is 13.5 Å². The number of ether oxygens (including phenoxy) is 1. The highest BCUT2D eigenvalue weighted by Crippen LogP contribution is 2.30. The van der Waals surface area contributed by atoms with Crippen molar-refractivity contribution in [3.8, 4) is 0 Å². The summed E-state index contributed by atoms with van der Waals surface area (Å²) in [5, 5.41) is 0. The number of methoxy groups -OCH3 is 1. The highest BCUT2D eigenvalue weighted by molar-refractivity contribution is 4.76. The average Bonchev–Trinajstić information content (AvgIpc) is 2.22. The fourth-order valence-electron chi connectivity index (χ4n) is 1.34. The van der Waals surface area contributed by atoms with E-state index in [2.05, 4.69) is 0 Å². The van der Waals surface area contributed by atoms with Crippen molar-refractivity contribution in [3.05, 3.63) is 0 Å². The first-order chi connectivity index (χ1) is 8.68. The minimum absolute atomic E-state index is 0.433. The largest absolute Gasteiger partial charge is 0.379 e. The molecule has 5 nitrogen and oxygen atoms in total. The lowest BCUT2D eigenvalue weighted by atomic mass is 9.99. The Hall–Kier alpha value is -0.200. The Morgan fingerprint density at radius 1 is 0.600 bits per heavy atom. The number of hydrogen-bond acceptors (Lipinski definition) is 5. The monoisotopic (exact) mass is 292 g/mol. The minimum Gasteiger partial charge on any atom is -0.379 e. The maximum Gasteiger partial charge on any atom is 0.234 e. The van der Waals surface area contributed by atoms with E-state index in [-0.39, 0.29) is 0 Å². The maximum absolute atomic E-state index is 5.50. The van der Waals surface area contributed by atoms with Crippen LogP contribution in [0.2, 0.25) is 0 Å². The van der Waals surface area contributed by atoms with Crippen LogP contribution < -0.4 is 0 Å². The summed E-state index contributed by atoms with van der Waals surface area (Å²) < 4.78 is 5.43. The Kier molecular flexibility index (Phi) is 6.64. The summed E-state index contributed by atoms with van der Waals surface area (Å²) in [6.45, 7) is 17.1. The summed E-state index contributed by atoms with van der Waals surface area (Å²) >= 11 is 0. The molecule has 0 heterocycles. The van der Waals surface area contributed by atoms with Crippen molar-refractivity contribution in [1.29, 1.82) is 0 Å². The van der Waals surface area contributed by atoms with Gasteiger partial charge >= 0.3 is 0 Å². The topological polar surface area (TPSA) is 46.2 Å². The Bertz CT molecular complexity index is 268. The van der Waals surface area contributed by atoms with Crippen molar-refractivity contribution >= 4 is 0 Å². The van der Waals surface area contributed by atoms with Gasteiger partial charge in [-0.3, -0.25) is 0 Å². The van der Waals surface area contributed by atoms with Crippen LogP contribution >= 0.6 is 0 Å². The van der Waals surface area contributed by atoms with Crippen LogP contribution in [0.4, 0.5) is 0 Å². The van der Waals surface area contributed by atoms with Crippen LogP contribution in [-0.2, 0) is 24.3 Å². The Balaban J connectivity index is 4.84.